The van der Waals surface area contributed by atoms with Crippen molar-refractivity contribution in [3.63, 3.8) is 0 Å². The van der Waals surface area contributed by atoms with Gasteiger partial charge >= 0.3 is 0 Å². The van der Waals surface area contributed by atoms with E-state index in [1.807, 2.05) is 39.1 Å². The van der Waals surface area contributed by atoms with E-state index in [-0.39, 0.29) is 17.4 Å². The summed E-state index contributed by atoms with van der Waals surface area (Å²) in [5.74, 6) is 0.497. The average Bonchev–Trinajstić information content (AvgIpc) is 2.45. The molecule has 1 aromatic rings. The van der Waals surface area contributed by atoms with Crippen molar-refractivity contribution in [2.24, 2.45) is 11.3 Å². The molecule has 4 nitrogen and oxygen atoms in total. The van der Waals surface area contributed by atoms with Crippen LogP contribution >= 0.6 is 0 Å². The monoisotopic (exact) mass is 276 g/mol. The maximum atomic E-state index is 12.3. The van der Waals surface area contributed by atoms with Gasteiger partial charge in [0.25, 0.3) is 0 Å². The fourth-order valence-corrected chi connectivity index (χ4v) is 2.44. The Labute approximate surface area is 120 Å². The minimum Gasteiger partial charge on any atom is -0.381 e. The van der Waals surface area contributed by atoms with Crippen LogP contribution < -0.4 is 5.32 Å². The van der Waals surface area contributed by atoms with Gasteiger partial charge in [-0.05, 0) is 30.4 Å². The lowest BCUT2D eigenvalue weighted by atomic mass is 9.86. The zero-order valence-corrected chi connectivity index (χ0v) is 12.6. The molecule has 0 aromatic carbocycles. The quantitative estimate of drug-likeness (QED) is 0.923. The first-order valence-electron chi connectivity index (χ1n) is 7.27. The van der Waals surface area contributed by atoms with E-state index in [0.717, 1.165) is 31.6 Å². The summed E-state index contributed by atoms with van der Waals surface area (Å²) in [6.45, 7) is 7.35. The second kappa shape index (κ2) is 6.35. The van der Waals surface area contributed by atoms with Crippen molar-refractivity contribution < 1.29 is 9.53 Å². The molecule has 0 saturated carbocycles. The Morgan fingerprint density at radius 2 is 2.10 bits per heavy atom. The van der Waals surface area contributed by atoms with Gasteiger partial charge in [0.05, 0.1) is 6.04 Å². The predicted molar refractivity (Wildman–Crippen MR) is 78.1 cm³/mol. The maximum absolute atomic E-state index is 12.3. The summed E-state index contributed by atoms with van der Waals surface area (Å²) in [6.07, 6.45) is 5.56. The summed E-state index contributed by atoms with van der Waals surface area (Å²) in [4.78, 5) is 16.5. The number of rotatable bonds is 3. The van der Waals surface area contributed by atoms with Crippen LogP contribution in [-0.2, 0) is 9.53 Å². The Balaban J connectivity index is 2.18. The van der Waals surface area contributed by atoms with E-state index in [1.165, 1.54) is 0 Å². The molecule has 1 N–H and O–H groups in total. The first-order valence-corrected chi connectivity index (χ1v) is 7.27. The standard InChI is InChI=1S/C16H24N2O2/c1-16(2,3)15(19)18-14(12-6-9-20-10-7-12)13-5-4-8-17-11-13/h4-5,8,11-12,14H,6-7,9-10H2,1-3H3,(H,18,19). The topological polar surface area (TPSA) is 51.2 Å². The summed E-state index contributed by atoms with van der Waals surface area (Å²) in [5.41, 5.74) is 0.697. The van der Waals surface area contributed by atoms with Gasteiger partial charge in [0.2, 0.25) is 5.91 Å². The van der Waals surface area contributed by atoms with E-state index in [1.54, 1.807) is 6.20 Å². The van der Waals surface area contributed by atoms with Crippen molar-refractivity contribution in [1.29, 1.82) is 0 Å². The number of carbonyl (C=O) groups excluding carboxylic acids is 1. The van der Waals surface area contributed by atoms with Crippen LogP contribution in [0, 0.1) is 11.3 Å². The molecule has 4 heteroatoms. The SMILES string of the molecule is CC(C)(C)C(=O)NC(c1cccnc1)C1CCOCC1. The molecule has 2 heterocycles. The van der Waals surface area contributed by atoms with Gasteiger partial charge < -0.3 is 10.1 Å². The summed E-state index contributed by atoms with van der Waals surface area (Å²) < 4.78 is 5.43. The highest BCUT2D eigenvalue weighted by Crippen LogP contribution is 2.30. The number of nitrogens with zero attached hydrogens (tertiary/aromatic N) is 1. The molecule has 1 atom stereocenters. The molecule has 1 aromatic heterocycles. The van der Waals surface area contributed by atoms with E-state index in [0.29, 0.717) is 5.92 Å². The van der Waals surface area contributed by atoms with E-state index in [9.17, 15) is 4.79 Å². The fourth-order valence-electron chi connectivity index (χ4n) is 2.44. The Kier molecular flexibility index (Phi) is 4.76. The van der Waals surface area contributed by atoms with Crippen molar-refractivity contribution in [2.75, 3.05) is 13.2 Å². The lowest BCUT2D eigenvalue weighted by Gasteiger charge is -2.33. The molecule has 1 fully saturated rings. The Morgan fingerprint density at radius 1 is 1.40 bits per heavy atom. The van der Waals surface area contributed by atoms with E-state index in [4.69, 9.17) is 4.74 Å². The van der Waals surface area contributed by atoms with Crippen LogP contribution in [0.5, 0.6) is 0 Å². The molecule has 1 aliphatic rings. The number of pyridine rings is 1. The van der Waals surface area contributed by atoms with Crippen molar-refractivity contribution in [3.8, 4) is 0 Å². The highest BCUT2D eigenvalue weighted by atomic mass is 16.5. The predicted octanol–water partition coefficient (Wildman–Crippen LogP) is 2.71. The van der Waals surface area contributed by atoms with Gasteiger partial charge in [-0.15, -0.1) is 0 Å². The number of hydrogen-bond acceptors (Lipinski definition) is 3. The number of aromatic nitrogens is 1. The highest BCUT2D eigenvalue weighted by Gasteiger charge is 2.30. The third kappa shape index (κ3) is 3.79. The molecule has 0 spiro atoms. The molecule has 0 bridgehead atoms. The summed E-state index contributed by atoms with van der Waals surface area (Å²) >= 11 is 0. The number of ether oxygens (including phenoxy) is 1. The van der Waals surface area contributed by atoms with Crippen LogP contribution in [0.4, 0.5) is 0 Å². The maximum Gasteiger partial charge on any atom is 0.225 e. The molecule has 110 valence electrons. The molecule has 1 aliphatic heterocycles. The Bertz CT molecular complexity index is 434. The summed E-state index contributed by atoms with van der Waals surface area (Å²) in [7, 11) is 0. The van der Waals surface area contributed by atoms with E-state index < -0.39 is 0 Å². The van der Waals surface area contributed by atoms with Crippen molar-refractivity contribution >= 4 is 5.91 Å². The number of amides is 1. The summed E-state index contributed by atoms with van der Waals surface area (Å²) in [6, 6.07) is 3.99. The smallest absolute Gasteiger partial charge is 0.225 e. The number of carbonyl (C=O) groups is 1. The third-order valence-electron chi connectivity index (χ3n) is 3.75. The largest absolute Gasteiger partial charge is 0.381 e. The second-order valence-electron chi connectivity index (χ2n) is 6.44. The zero-order valence-electron chi connectivity index (χ0n) is 12.6. The minimum absolute atomic E-state index is 0.0272. The van der Waals surface area contributed by atoms with Gasteiger partial charge in [0.15, 0.2) is 0 Å². The van der Waals surface area contributed by atoms with Crippen LogP contribution in [0.25, 0.3) is 0 Å². The van der Waals surface area contributed by atoms with Gasteiger partial charge in [-0.3, -0.25) is 9.78 Å². The lowest BCUT2D eigenvalue weighted by molar-refractivity contribution is -0.130. The van der Waals surface area contributed by atoms with Crippen molar-refractivity contribution in [2.45, 2.75) is 39.7 Å². The van der Waals surface area contributed by atoms with Gasteiger partial charge in [-0.1, -0.05) is 26.8 Å². The molecular formula is C16H24N2O2. The Hall–Kier alpha value is -1.42. The van der Waals surface area contributed by atoms with Gasteiger partial charge in [0, 0.05) is 31.0 Å². The third-order valence-corrected chi connectivity index (χ3v) is 3.75. The minimum atomic E-state index is -0.383. The lowest BCUT2D eigenvalue weighted by Crippen LogP contribution is -2.41. The number of nitrogens with one attached hydrogen (secondary N) is 1. The van der Waals surface area contributed by atoms with Crippen LogP contribution in [0.3, 0.4) is 0 Å². The van der Waals surface area contributed by atoms with Crippen LogP contribution in [0.1, 0.15) is 45.2 Å². The average molecular weight is 276 g/mol. The van der Waals surface area contributed by atoms with Crippen LogP contribution in [0.15, 0.2) is 24.5 Å². The molecule has 1 amide bonds. The van der Waals surface area contributed by atoms with Crippen LogP contribution in [0.2, 0.25) is 0 Å². The number of hydrogen-bond donors (Lipinski definition) is 1. The van der Waals surface area contributed by atoms with E-state index >= 15 is 0 Å². The van der Waals surface area contributed by atoms with Crippen LogP contribution in [-0.4, -0.2) is 24.1 Å². The molecule has 20 heavy (non-hydrogen) atoms. The molecule has 1 saturated heterocycles. The van der Waals surface area contributed by atoms with Crippen molar-refractivity contribution in [3.05, 3.63) is 30.1 Å². The first kappa shape index (κ1) is 15.0. The summed E-state index contributed by atoms with van der Waals surface area (Å²) in [5, 5.41) is 3.21. The molecule has 1 unspecified atom stereocenters. The van der Waals surface area contributed by atoms with Gasteiger partial charge in [-0.25, -0.2) is 0 Å². The Morgan fingerprint density at radius 3 is 2.65 bits per heavy atom. The first-order chi connectivity index (χ1) is 9.48. The molecule has 0 radical (unpaired) electrons. The molecule has 2 rings (SSSR count). The van der Waals surface area contributed by atoms with E-state index in [2.05, 4.69) is 10.3 Å². The normalized spacial score (nSPS) is 18.6. The zero-order chi connectivity index (χ0) is 14.6. The highest BCUT2D eigenvalue weighted by molar-refractivity contribution is 5.81. The van der Waals surface area contributed by atoms with Crippen molar-refractivity contribution in [1.82, 2.24) is 10.3 Å². The second-order valence-corrected chi connectivity index (χ2v) is 6.44. The van der Waals surface area contributed by atoms with Gasteiger partial charge in [0.1, 0.15) is 0 Å². The fraction of sp³-hybridized carbons (Fsp3) is 0.625. The molecule has 0 aliphatic carbocycles. The van der Waals surface area contributed by atoms with Gasteiger partial charge in [-0.2, -0.15) is 0 Å². The molecular weight excluding hydrogens is 252 g/mol.